The Balaban J connectivity index is 6.41. The van der Waals surface area contributed by atoms with Gasteiger partial charge in [-0.25, -0.2) is 0 Å². The number of ether oxygens (including phenoxy) is 2. The van der Waals surface area contributed by atoms with Crippen LogP contribution in [-0.2, 0) is 9.47 Å². The number of hydrogen-bond acceptors (Lipinski definition) is 2. The predicted octanol–water partition coefficient (Wildman–Crippen LogP) is 7.43. The molecule has 0 spiro atoms. The Morgan fingerprint density at radius 3 is 0.824 bits per heavy atom. The maximum atomic E-state index is 14.1. The number of alkyl halides is 18. The Kier molecular flexibility index (Phi) is 7.77. The first-order valence-corrected chi connectivity index (χ1v) is 7.97. The van der Waals surface area contributed by atoms with Crippen LogP contribution in [0.15, 0.2) is 0 Å². The van der Waals surface area contributed by atoms with E-state index in [-0.39, 0.29) is 0 Å². The Labute approximate surface area is 177 Å². The lowest BCUT2D eigenvalue weighted by Gasteiger charge is -2.45. The third-order valence-electron chi connectivity index (χ3n) is 4.12. The van der Waals surface area contributed by atoms with E-state index in [1.807, 2.05) is 0 Å². The number of rotatable bonds is 9. The van der Waals surface area contributed by atoms with Gasteiger partial charge in [0.25, 0.3) is 0 Å². The summed E-state index contributed by atoms with van der Waals surface area (Å²) < 4.78 is 241. The van der Waals surface area contributed by atoms with Crippen LogP contribution >= 0.6 is 0 Å². The molecule has 0 saturated carbocycles. The van der Waals surface area contributed by atoms with E-state index in [0.29, 0.717) is 0 Å². The summed E-state index contributed by atoms with van der Waals surface area (Å²) in [5.74, 6) is -28.2. The second kappa shape index (κ2) is 8.09. The van der Waals surface area contributed by atoms with E-state index in [0.717, 1.165) is 0 Å². The molecule has 206 valence electrons. The maximum Gasteiger partial charge on any atom is 0.462 e. The van der Waals surface area contributed by atoms with E-state index in [1.54, 1.807) is 0 Å². The standard InChI is InChI=1S/C14H12F18O2/c1-5(2,33-14(31,32)10(21,22)12(26,27)28)7(15,16)9(19,20)13(29,30)34-6(3,4)8(17,18)11(23,24)25/h1-4H3. The lowest BCUT2D eigenvalue weighted by molar-refractivity contribution is -0.487. The average molecular weight is 554 g/mol. The van der Waals surface area contributed by atoms with E-state index < -0.39 is 87.2 Å². The molecule has 0 amide bonds. The third kappa shape index (κ3) is 4.97. The molecule has 2 nitrogen and oxygen atoms in total. The van der Waals surface area contributed by atoms with Crippen LogP contribution < -0.4 is 0 Å². The Morgan fingerprint density at radius 1 is 0.324 bits per heavy atom. The van der Waals surface area contributed by atoms with Gasteiger partial charge in [0.15, 0.2) is 0 Å². The Hall–Kier alpha value is -1.34. The zero-order chi connectivity index (χ0) is 28.4. The van der Waals surface area contributed by atoms with E-state index in [1.165, 1.54) is 0 Å². The van der Waals surface area contributed by atoms with Gasteiger partial charge in [0.05, 0.1) is 0 Å². The van der Waals surface area contributed by atoms with E-state index in [9.17, 15) is 79.0 Å². The highest BCUT2D eigenvalue weighted by molar-refractivity contribution is 5.05. The highest BCUT2D eigenvalue weighted by Gasteiger charge is 2.83. The molecule has 0 aromatic carbocycles. The van der Waals surface area contributed by atoms with Gasteiger partial charge < -0.3 is 9.47 Å². The van der Waals surface area contributed by atoms with Crippen molar-refractivity contribution in [3.05, 3.63) is 0 Å². The van der Waals surface area contributed by atoms with Crippen molar-refractivity contribution in [1.82, 2.24) is 0 Å². The van der Waals surface area contributed by atoms with Crippen molar-refractivity contribution < 1.29 is 88.5 Å². The van der Waals surface area contributed by atoms with Crippen molar-refractivity contribution in [1.29, 1.82) is 0 Å². The Bertz CT molecular complexity index is 668. The molecular weight excluding hydrogens is 542 g/mol. The molecule has 0 unspecified atom stereocenters. The Morgan fingerprint density at radius 2 is 0.559 bits per heavy atom. The van der Waals surface area contributed by atoms with Crippen molar-refractivity contribution >= 4 is 0 Å². The van der Waals surface area contributed by atoms with Crippen LogP contribution in [0.1, 0.15) is 27.7 Å². The predicted molar refractivity (Wildman–Crippen MR) is 72.1 cm³/mol. The minimum atomic E-state index is -7.42. The second-order valence-corrected chi connectivity index (χ2v) is 7.55. The largest absolute Gasteiger partial charge is 0.462 e. The fourth-order valence-electron chi connectivity index (χ4n) is 1.96. The first-order chi connectivity index (χ1) is 14.2. The maximum absolute atomic E-state index is 14.1. The van der Waals surface area contributed by atoms with Gasteiger partial charge in [-0.15, -0.1) is 0 Å². The van der Waals surface area contributed by atoms with Crippen molar-refractivity contribution in [2.75, 3.05) is 0 Å². The third-order valence-corrected chi connectivity index (χ3v) is 4.12. The molecule has 0 radical (unpaired) electrons. The number of hydrogen-bond donors (Lipinski definition) is 0. The summed E-state index contributed by atoms with van der Waals surface area (Å²) in [5, 5.41) is 0. The van der Waals surface area contributed by atoms with Crippen molar-refractivity contribution in [2.24, 2.45) is 0 Å². The molecule has 0 saturated heterocycles. The van der Waals surface area contributed by atoms with E-state index in [4.69, 9.17) is 0 Å². The van der Waals surface area contributed by atoms with Gasteiger partial charge in [0, 0.05) is 0 Å². The highest BCUT2D eigenvalue weighted by Crippen LogP contribution is 2.57. The molecule has 0 atom stereocenters. The summed E-state index contributed by atoms with van der Waals surface area (Å²) in [5.41, 5.74) is -9.86. The summed E-state index contributed by atoms with van der Waals surface area (Å²) >= 11 is 0. The second-order valence-electron chi connectivity index (χ2n) is 7.55. The van der Waals surface area contributed by atoms with Crippen molar-refractivity contribution in [2.45, 2.75) is 87.2 Å². The first-order valence-electron chi connectivity index (χ1n) is 7.97. The normalized spacial score (nSPS) is 16.8. The molecule has 20 heteroatoms. The monoisotopic (exact) mass is 554 g/mol. The summed E-state index contributed by atoms with van der Waals surface area (Å²) in [4.78, 5) is 0. The quantitative estimate of drug-likeness (QED) is 0.276. The van der Waals surface area contributed by atoms with Gasteiger partial charge in [0.1, 0.15) is 11.2 Å². The molecule has 0 aromatic rings. The van der Waals surface area contributed by atoms with Crippen LogP contribution in [0.5, 0.6) is 0 Å². The fourth-order valence-corrected chi connectivity index (χ4v) is 1.96. The molecule has 0 aliphatic carbocycles. The first kappa shape index (κ1) is 32.7. The summed E-state index contributed by atoms with van der Waals surface area (Å²) in [6.07, 6.45) is -28.2. The minimum Gasteiger partial charge on any atom is -0.303 e. The molecule has 0 aliphatic heterocycles. The number of halogens is 18. The van der Waals surface area contributed by atoms with Crippen LogP contribution in [0.25, 0.3) is 0 Å². The van der Waals surface area contributed by atoms with E-state index >= 15 is 0 Å². The molecule has 0 N–H and O–H groups in total. The van der Waals surface area contributed by atoms with Gasteiger partial charge in [-0.2, -0.15) is 79.0 Å². The van der Waals surface area contributed by atoms with Gasteiger partial charge in [-0.1, -0.05) is 0 Å². The van der Waals surface area contributed by atoms with Crippen LogP contribution in [0, 0.1) is 0 Å². The molecule has 0 aromatic heterocycles. The van der Waals surface area contributed by atoms with Crippen molar-refractivity contribution in [3.63, 3.8) is 0 Å². The molecule has 0 aliphatic rings. The van der Waals surface area contributed by atoms with Gasteiger partial charge >= 0.3 is 48.3 Å². The molecule has 34 heavy (non-hydrogen) atoms. The topological polar surface area (TPSA) is 18.5 Å². The van der Waals surface area contributed by atoms with Crippen LogP contribution in [-0.4, -0.2) is 59.5 Å². The smallest absolute Gasteiger partial charge is 0.303 e. The van der Waals surface area contributed by atoms with Crippen molar-refractivity contribution in [3.8, 4) is 0 Å². The van der Waals surface area contributed by atoms with Gasteiger partial charge in [0.2, 0.25) is 0 Å². The molecular formula is C14H12F18O2. The summed E-state index contributed by atoms with van der Waals surface area (Å²) in [6, 6.07) is 0. The minimum absolute atomic E-state index is 0.609. The van der Waals surface area contributed by atoms with Gasteiger partial charge in [-0.3, -0.25) is 0 Å². The van der Waals surface area contributed by atoms with Gasteiger partial charge in [-0.05, 0) is 27.7 Å². The molecule has 0 bridgehead atoms. The average Bonchev–Trinajstić information content (AvgIpc) is 2.49. The lowest BCUT2D eigenvalue weighted by atomic mass is 9.92. The van der Waals surface area contributed by atoms with Crippen LogP contribution in [0.4, 0.5) is 79.0 Å². The molecule has 0 fully saturated rings. The van der Waals surface area contributed by atoms with E-state index in [2.05, 4.69) is 9.47 Å². The highest BCUT2D eigenvalue weighted by atomic mass is 19.4. The zero-order valence-corrected chi connectivity index (χ0v) is 16.6. The lowest BCUT2D eigenvalue weighted by Crippen LogP contribution is -2.69. The SMILES string of the molecule is CC(C)(OC(F)(F)C(F)(F)C(F)(F)C(C)(C)OC(F)(F)C(F)(F)C(F)(F)F)C(F)(F)C(F)(F)F. The zero-order valence-electron chi connectivity index (χ0n) is 16.6. The summed E-state index contributed by atoms with van der Waals surface area (Å²) in [6.45, 7) is -2.82. The van der Waals surface area contributed by atoms with Crippen LogP contribution in [0.2, 0.25) is 0 Å². The van der Waals surface area contributed by atoms with Crippen LogP contribution in [0.3, 0.4) is 0 Å². The molecule has 0 rings (SSSR count). The summed E-state index contributed by atoms with van der Waals surface area (Å²) in [7, 11) is 0. The molecule has 0 heterocycles. The fraction of sp³-hybridized carbons (Fsp3) is 1.00.